The minimum atomic E-state index is -1.16. The van der Waals surface area contributed by atoms with Gasteiger partial charge in [0.25, 0.3) is 0 Å². The third kappa shape index (κ3) is 4.51. The maximum Gasteiger partial charge on any atom is 0.333 e. The Bertz CT molecular complexity index is 774. The van der Waals surface area contributed by atoms with Gasteiger partial charge in [-0.25, -0.2) is 4.79 Å². The van der Waals surface area contributed by atoms with Gasteiger partial charge in [0, 0.05) is 24.4 Å². The number of rotatable bonds is 8. The van der Waals surface area contributed by atoms with Gasteiger partial charge in [-0.05, 0) is 64.2 Å². The molecule has 8 heteroatoms. The van der Waals surface area contributed by atoms with Crippen molar-refractivity contribution >= 4 is 17.9 Å². The van der Waals surface area contributed by atoms with Gasteiger partial charge in [-0.15, -0.1) is 0 Å². The number of esters is 2. The van der Waals surface area contributed by atoms with E-state index in [1.165, 1.54) is 0 Å². The van der Waals surface area contributed by atoms with Gasteiger partial charge in [0.05, 0.1) is 12.0 Å². The highest BCUT2D eigenvalue weighted by molar-refractivity contribution is 5.87. The molecule has 1 aliphatic heterocycles. The fourth-order valence-corrected chi connectivity index (χ4v) is 6.37. The Balaban J connectivity index is 1.37. The molecule has 31 heavy (non-hydrogen) atoms. The second kappa shape index (κ2) is 7.89. The van der Waals surface area contributed by atoms with E-state index >= 15 is 0 Å². The molecule has 5 rings (SSSR count). The molecule has 0 spiro atoms. The minimum absolute atomic E-state index is 0.0510. The van der Waals surface area contributed by atoms with E-state index in [-0.39, 0.29) is 32.0 Å². The zero-order valence-corrected chi connectivity index (χ0v) is 18.3. The number of carboxylic acid groups (broad SMARTS) is 1. The molecule has 5 fully saturated rings. The predicted molar refractivity (Wildman–Crippen MR) is 105 cm³/mol. The number of hydrogen-bond acceptors (Lipinski definition) is 8. The van der Waals surface area contributed by atoms with E-state index in [2.05, 4.69) is 6.58 Å². The highest BCUT2D eigenvalue weighted by Gasteiger charge is 2.63. The SMILES string of the molecule is C=C(C)C(=O)OC12CC3CC(C1)CC(C(=O)OCC1COC(C)(CCC(=O)[O-])O1)(C3)C2. The van der Waals surface area contributed by atoms with E-state index in [1.54, 1.807) is 13.8 Å². The molecule has 5 aliphatic rings. The van der Waals surface area contributed by atoms with E-state index in [0.717, 1.165) is 32.1 Å². The van der Waals surface area contributed by atoms with Crippen molar-refractivity contribution in [3.05, 3.63) is 12.2 Å². The van der Waals surface area contributed by atoms with Crippen LogP contribution >= 0.6 is 0 Å². The summed E-state index contributed by atoms with van der Waals surface area (Å²) in [6.45, 7) is 7.28. The Morgan fingerprint density at radius 2 is 1.84 bits per heavy atom. The molecule has 4 unspecified atom stereocenters. The molecular weight excluding hydrogens is 404 g/mol. The molecule has 4 bridgehead atoms. The average molecular weight is 435 g/mol. The number of carboxylic acids is 1. The van der Waals surface area contributed by atoms with Crippen molar-refractivity contribution in [1.82, 2.24) is 0 Å². The van der Waals surface area contributed by atoms with Gasteiger partial charge in [0.2, 0.25) is 0 Å². The quantitative estimate of drug-likeness (QED) is 0.418. The highest BCUT2D eigenvalue weighted by Crippen LogP contribution is 2.63. The van der Waals surface area contributed by atoms with Gasteiger partial charge in [0.15, 0.2) is 5.79 Å². The lowest BCUT2D eigenvalue weighted by Gasteiger charge is -2.59. The van der Waals surface area contributed by atoms with Gasteiger partial charge in [-0.3, -0.25) is 4.79 Å². The van der Waals surface area contributed by atoms with Crippen molar-refractivity contribution < 1.29 is 38.4 Å². The lowest BCUT2D eigenvalue weighted by Crippen LogP contribution is -2.60. The molecular formula is C23H31O8-. The Kier molecular flexibility index (Phi) is 5.67. The summed E-state index contributed by atoms with van der Waals surface area (Å²) in [7, 11) is 0. The molecule has 172 valence electrons. The zero-order valence-electron chi connectivity index (χ0n) is 18.3. The predicted octanol–water partition coefficient (Wildman–Crippen LogP) is 1.65. The molecule has 1 heterocycles. The van der Waals surface area contributed by atoms with Crippen LogP contribution in [0.2, 0.25) is 0 Å². The van der Waals surface area contributed by atoms with Crippen LogP contribution in [0.15, 0.2) is 12.2 Å². The van der Waals surface area contributed by atoms with Gasteiger partial charge in [-0.2, -0.15) is 0 Å². The van der Waals surface area contributed by atoms with Gasteiger partial charge >= 0.3 is 11.9 Å². The molecule has 4 saturated carbocycles. The monoisotopic (exact) mass is 435 g/mol. The van der Waals surface area contributed by atoms with Crippen molar-refractivity contribution in [3.63, 3.8) is 0 Å². The standard InChI is InChI=1S/C23H32O8/c1-14(2)19(26)31-23-9-15-6-16(10-23)8-22(7-15,13-23)20(27)28-11-17-12-29-21(3,30-17)5-4-18(24)25/h15-17H,1,4-13H2,2-3H3,(H,24,25)/p-1. The van der Waals surface area contributed by atoms with Crippen LogP contribution in [0.3, 0.4) is 0 Å². The zero-order chi connectivity index (χ0) is 22.4. The fraction of sp³-hybridized carbons (Fsp3) is 0.783. The third-order valence-electron chi connectivity index (χ3n) is 7.27. The van der Waals surface area contributed by atoms with Crippen molar-refractivity contribution in [2.45, 2.75) is 82.7 Å². The molecule has 4 atom stereocenters. The van der Waals surface area contributed by atoms with Crippen molar-refractivity contribution in [3.8, 4) is 0 Å². The molecule has 0 aromatic heterocycles. The molecule has 1 saturated heterocycles. The second-order valence-electron chi connectivity index (χ2n) is 10.2. The summed E-state index contributed by atoms with van der Waals surface area (Å²) in [5.41, 5.74) is -0.861. The van der Waals surface area contributed by atoms with E-state index in [1.807, 2.05) is 0 Å². The molecule has 0 aromatic carbocycles. The van der Waals surface area contributed by atoms with E-state index in [4.69, 9.17) is 18.9 Å². The van der Waals surface area contributed by atoms with Crippen LogP contribution in [0.5, 0.6) is 0 Å². The average Bonchev–Trinajstić information content (AvgIpc) is 3.04. The van der Waals surface area contributed by atoms with E-state index < -0.39 is 34.8 Å². The normalized spacial score (nSPS) is 40.5. The maximum absolute atomic E-state index is 13.2. The maximum atomic E-state index is 13.2. The Morgan fingerprint density at radius 1 is 1.16 bits per heavy atom. The summed E-state index contributed by atoms with van der Waals surface area (Å²) in [5, 5.41) is 10.7. The van der Waals surface area contributed by atoms with Crippen molar-refractivity contribution in [1.29, 1.82) is 0 Å². The topological polar surface area (TPSA) is 111 Å². The minimum Gasteiger partial charge on any atom is -0.550 e. The summed E-state index contributed by atoms with van der Waals surface area (Å²) < 4.78 is 23.0. The van der Waals surface area contributed by atoms with E-state index in [9.17, 15) is 19.5 Å². The van der Waals surface area contributed by atoms with Crippen LogP contribution in [0.4, 0.5) is 0 Å². The number of carbonyl (C=O) groups excluding carboxylic acids is 3. The highest BCUT2D eigenvalue weighted by atomic mass is 16.7. The molecule has 0 amide bonds. The van der Waals surface area contributed by atoms with Gasteiger partial charge < -0.3 is 28.8 Å². The van der Waals surface area contributed by atoms with Crippen LogP contribution in [-0.4, -0.2) is 48.6 Å². The van der Waals surface area contributed by atoms with E-state index in [0.29, 0.717) is 23.8 Å². The van der Waals surface area contributed by atoms with Crippen LogP contribution in [0.1, 0.15) is 65.2 Å². The molecule has 0 N–H and O–H groups in total. The summed E-state index contributed by atoms with van der Waals surface area (Å²) in [4.78, 5) is 36.2. The summed E-state index contributed by atoms with van der Waals surface area (Å²) in [6.07, 6.45) is 4.25. The van der Waals surface area contributed by atoms with Crippen LogP contribution in [0.25, 0.3) is 0 Å². The Morgan fingerprint density at radius 3 is 2.45 bits per heavy atom. The lowest BCUT2D eigenvalue weighted by atomic mass is 9.48. The first-order chi connectivity index (χ1) is 14.5. The number of carbonyl (C=O) groups is 3. The second-order valence-corrected chi connectivity index (χ2v) is 10.2. The number of ether oxygens (including phenoxy) is 4. The van der Waals surface area contributed by atoms with Crippen molar-refractivity contribution in [2.75, 3.05) is 13.2 Å². The van der Waals surface area contributed by atoms with Crippen LogP contribution in [-0.2, 0) is 33.3 Å². The third-order valence-corrected chi connectivity index (χ3v) is 7.27. The smallest absolute Gasteiger partial charge is 0.333 e. The Hall–Kier alpha value is -1.93. The van der Waals surface area contributed by atoms with Gasteiger partial charge in [-0.1, -0.05) is 6.58 Å². The molecule has 8 nitrogen and oxygen atoms in total. The fourth-order valence-electron chi connectivity index (χ4n) is 6.37. The van der Waals surface area contributed by atoms with Crippen LogP contribution in [0, 0.1) is 17.3 Å². The molecule has 0 radical (unpaired) electrons. The first-order valence-corrected chi connectivity index (χ1v) is 11.1. The first kappa shape index (κ1) is 22.3. The summed E-state index contributed by atoms with van der Waals surface area (Å²) in [6, 6.07) is 0. The summed E-state index contributed by atoms with van der Waals surface area (Å²) in [5.74, 6) is -2.12. The lowest BCUT2D eigenvalue weighted by molar-refractivity contribution is -0.307. The number of hydrogen-bond donors (Lipinski definition) is 0. The largest absolute Gasteiger partial charge is 0.550 e. The summed E-state index contributed by atoms with van der Waals surface area (Å²) >= 11 is 0. The Labute approximate surface area is 182 Å². The first-order valence-electron chi connectivity index (χ1n) is 11.1. The van der Waals surface area contributed by atoms with Crippen molar-refractivity contribution in [2.24, 2.45) is 17.3 Å². The van der Waals surface area contributed by atoms with Gasteiger partial charge in [0.1, 0.15) is 18.3 Å². The number of aliphatic carboxylic acids is 1. The molecule has 4 aliphatic carbocycles. The molecule has 0 aromatic rings. The van der Waals surface area contributed by atoms with Crippen LogP contribution < -0.4 is 5.11 Å².